The Hall–Kier alpha value is -3.15. The van der Waals surface area contributed by atoms with Crippen LogP contribution in [0.5, 0.6) is 0 Å². The maximum absolute atomic E-state index is 4.68. The van der Waals surface area contributed by atoms with Crippen molar-refractivity contribution in [1.29, 1.82) is 0 Å². The van der Waals surface area contributed by atoms with E-state index in [1.165, 1.54) is 5.56 Å². The van der Waals surface area contributed by atoms with Crippen LogP contribution in [0.2, 0.25) is 0 Å². The van der Waals surface area contributed by atoms with Gasteiger partial charge < -0.3 is 0 Å². The minimum atomic E-state index is -0.0776. The fourth-order valence-corrected chi connectivity index (χ4v) is 3.38. The fraction of sp³-hybridized carbons (Fsp3) is 0.348. The second-order valence-electron chi connectivity index (χ2n) is 7.70. The molecule has 29 heavy (non-hydrogen) atoms. The summed E-state index contributed by atoms with van der Waals surface area (Å²) >= 11 is 0. The second-order valence-corrected chi connectivity index (χ2v) is 7.70. The Bertz CT molecular complexity index is 1140. The molecule has 0 radical (unpaired) electrons. The molecule has 0 aliphatic rings. The maximum atomic E-state index is 4.68. The number of benzene rings is 1. The summed E-state index contributed by atoms with van der Waals surface area (Å²) in [7, 11) is 0. The third-order valence-corrected chi connectivity index (χ3v) is 4.58. The first-order chi connectivity index (χ1) is 13.9. The van der Waals surface area contributed by atoms with E-state index in [-0.39, 0.29) is 5.41 Å². The topological polar surface area (TPSA) is 69.4 Å². The molecule has 0 spiro atoms. The molecular weight excluding hydrogens is 360 g/mol. The molecule has 0 aliphatic carbocycles. The zero-order valence-electron chi connectivity index (χ0n) is 18.2. The van der Waals surface area contributed by atoms with E-state index < -0.39 is 0 Å². The van der Waals surface area contributed by atoms with Gasteiger partial charge in [0.25, 0.3) is 0 Å². The van der Waals surface area contributed by atoms with Crippen molar-refractivity contribution in [1.82, 2.24) is 29.5 Å². The van der Waals surface area contributed by atoms with E-state index in [1.54, 1.807) is 24.8 Å². The fourth-order valence-electron chi connectivity index (χ4n) is 3.38. The third-order valence-electron chi connectivity index (χ3n) is 4.58. The smallest absolute Gasteiger partial charge is 0.159 e. The first kappa shape index (κ1) is 20.6. The molecule has 6 heteroatoms. The molecule has 3 heterocycles. The number of hydrogen-bond donors (Lipinski definition) is 0. The molecule has 4 rings (SSSR count). The number of imidazole rings is 1. The van der Waals surface area contributed by atoms with E-state index >= 15 is 0 Å². The van der Waals surface area contributed by atoms with Crippen molar-refractivity contribution in [2.24, 2.45) is 0 Å². The zero-order valence-corrected chi connectivity index (χ0v) is 18.2. The lowest BCUT2D eigenvalue weighted by Gasteiger charge is -2.24. The molecule has 0 fully saturated rings. The number of fused-ring (bicyclic) bond motifs is 1. The molecular formula is C23H28N6. The predicted molar refractivity (Wildman–Crippen MR) is 117 cm³/mol. The molecule has 3 aromatic heterocycles. The van der Waals surface area contributed by atoms with Crippen molar-refractivity contribution >= 4 is 11.0 Å². The van der Waals surface area contributed by atoms with Crippen LogP contribution in [0.25, 0.3) is 28.2 Å². The number of aromatic nitrogens is 6. The molecule has 0 amide bonds. The van der Waals surface area contributed by atoms with E-state index in [4.69, 9.17) is 0 Å². The highest BCUT2D eigenvalue weighted by molar-refractivity contribution is 5.92. The molecule has 0 saturated heterocycles. The lowest BCUT2D eigenvalue weighted by molar-refractivity contribution is 0.592. The Morgan fingerprint density at radius 3 is 2.28 bits per heavy atom. The number of nitrogens with zero attached hydrogens (tertiary/aromatic N) is 6. The Labute approximate surface area is 172 Å². The van der Waals surface area contributed by atoms with Gasteiger partial charge in [-0.3, -0.25) is 19.5 Å². The van der Waals surface area contributed by atoms with Gasteiger partial charge in [0.05, 0.1) is 28.6 Å². The molecule has 0 aliphatic heterocycles. The zero-order chi connectivity index (χ0) is 21.2. The number of aryl methyl sites for hydroxylation is 2. The summed E-state index contributed by atoms with van der Waals surface area (Å²) in [6, 6.07) is 4.15. The van der Waals surface area contributed by atoms with Crippen molar-refractivity contribution in [3.05, 3.63) is 60.1 Å². The molecule has 1 aromatic carbocycles. The molecule has 0 bridgehead atoms. The van der Waals surface area contributed by atoms with Gasteiger partial charge in [0.2, 0.25) is 0 Å². The minimum Gasteiger partial charge on any atom is -0.282 e. The van der Waals surface area contributed by atoms with Gasteiger partial charge in [-0.05, 0) is 30.9 Å². The SMILES string of the molecule is CC.Cc1cnc(-n2ccnc2-c2c(C(C)(C)C)ccc3nccnc23)c(C)n1. The van der Waals surface area contributed by atoms with Crippen molar-refractivity contribution in [3.8, 4) is 17.2 Å². The van der Waals surface area contributed by atoms with Gasteiger partial charge in [0, 0.05) is 30.4 Å². The van der Waals surface area contributed by atoms with E-state index in [1.807, 2.05) is 44.5 Å². The summed E-state index contributed by atoms with van der Waals surface area (Å²) < 4.78 is 1.99. The average Bonchev–Trinajstić information content (AvgIpc) is 3.17. The van der Waals surface area contributed by atoms with Gasteiger partial charge in [0.1, 0.15) is 5.82 Å². The summed E-state index contributed by atoms with van der Waals surface area (Å²) in [4.78, 5) is 22.9. The van der Waals surface area contributed by atoms with Gasteiger partial charge in [0.15, 0.2) is 5.82 Å². The van der Waals surface area contributed by atoms with Crippen LogP contribution in [0.3, 0.4) is 0 Å². The van der Waals surface area contributed by atoms with Crippen LogP contribution in [0.15, 0.2) is 43.1 Å². The highest BCUT2D eigenvalue weighted by atomic mass is 15.1. The summed E-state index contributed by atoms with van der Waals surface area (Å²) in [6.45, 7) is 14.5. The molecule has 0 saturated carbocycles. The predicted octanol–water partition coefficient (Wildman–Crippen LogP) is 5.21. The van der Waals surface area contributed by atoms with E-state index in [0.717, 1.165) is 39.6 Å². The van der Waals surface area contributed by atoms with Gasteiger partial charge in [-0.1, -0.05) is 40.7 Å². The van der Waals surface area contributed by atoms with E-state index in [0.29, 0.717) is 0 Å². The molecule has 0 atom stereocenters. The molecule has 0 N–H and O–H groups in total. The van der Waals surface area contributed by atoms with Gasteiger partial charge >= 0.3 is 0 Å². The number of rotatable bonds is 2. The largest absolute Gasteiger partial charge is 0.282 e. The van der Waals surface area contributed by atoms with Crippen LogP contribution in [-0.2, 0) is 5.41 Å². The number of hydrogen-bond acceptors (Lipinski definition) is 5. The summed E-state index contributed by atoms with van der Waals surface area (Å²) in [5.41, 5.74) is 5.52. The summed E-state index contributed by atoms with van der Waals surface area (Å²) in [5.74, 6) is 1.57. The highest BCUT2D eigenvalue weighted by Crippen LogP contribution is 2.37. The Morgan fingerprint density at radius 2 is 1.59 bits per heavy atom. The van der Waals surface area contributed by atoms with Crippen LogP contribution in [-0.4, -0.2) is 29.5 Å². The van der Waals surface area contributed by atoms with Crippen LogP contribution in [0, 0.1) is 13.8 Å². The van der Waals surface area contributed by atoms with E-state index in [9.17, 15) is 0 Å². The Balaban J connectivity index is 0.00000117. The standard InChI is InChI=1S/C21H22N6.C2H6/c1-13-12-25-19(14(2)26-13)27-11-10-24-20(27)17-15(21(3,4)5)6-7-16-18(17)23-9-8-22-16;1-2/h6-12H,1-5H3;1-2H3. The van der Waals surface area contributed by atoms with Gasteiger partial charge in [-0.2, -0.15) is 0 Å². The van der Waals surface area contributed by atoms with Crippen molar-refractivity contribution < 1.29 is 0 Å². The lowest BCUT2D eigenvalue weighted by atomic mass is 9.83. The molecule has 4 aromatic rings. The first-order valence-corrected chi connectivity index (χ1v) is 9.95. The molecule has 0 unspecified atom stereocenters. The average molecular weight is 389 g/mol. The third kappa shape index (κ3) is 3.88. The molecule has 150 valence electrons. The Kier molecular flexibility index (Phi) is 5.73. The van der Waals surface area contributed by atoms with Crippen LogP contribution >= 0.6 is 0 Å². The maximum Gasteiger partial charge on any atom is 0.159 e. The minimum absolute atomic E-state index is 0.0776. The van der Waals surface area contributed by atoms with Gasteiger partial charge in [-0.25, -0.2) is 9.97 Å². The summed E-state index contributed by atoms with van der Waals surface area (Å²) in [6.07, 6.45) is 8.92. The van der Waals surface area contributed by atoms with Crippen LogP contribution in [0.1, 0.15) is 51.6 Å². The summed E-state index contributed by atoms with van der Waals surface area (Å²) in [5, 5.41) is 0. The highest BCUT2D eigenvalue weighted by Gasteiger charge is 2.25. The van der Waals surface area contributed by atoms with Crippen molar-refractivity contribution in [2.45, 2.75) is 53.9 Å². The monoisotopic (exact) mass is 388 g/mol. The molecule has 6 nitrogen and oxygen atoms in total. The van der Waals surface area contributed by atoms with Crippen LogP contribution < -0.4 is 0 Å². The van der Waals surface area contributed by atoms with Crippen molar-refractivity contribution in [3.63, 3.8) is 0 Å². The first-order valence-electron chi connectivity index (χ1n) is 9.95. The second kappa shape index (κ2) is 8.07. The normalized spacial score (nSPS) is 11.3. The Morgan fingerprint density at radius 1 is 0.862 bits per heavy atom. The quantitative estimate of drug-likeness (QED) is 0.471. The van der Waals surface area contributed by atoms with Crippen LogP contribution in [0.4, 0.5) is 0 Å². The van der Waals surface area contributed by atoms with E-state index in [2.05, 4.69) is 51.8 Å². The van der Waals surface area contributed by atoms with Gasteiger partial charge in [-0.15, -0.1) is 0 Å². The van der Waals surface area contributed by atoms with Crippen molar-refractivity contribution in [2.75, 3.05) is 0 Å². The lowest BCUT2D eigenvalue weighted by Crippen LogP contribution is -2.15.